The first-order valence-electron chi connectivity index (χ1n) is 12.5. The summed E-state index contributed by atoms with van der Waals surface area (Å²) in [7, 11) is -10.5. The van der Waals surface area contributed by atoms with E-state index in [1.54, 1.807) is 14.2 Å². The molecule has 4 atom stereocenters. The molecule has 5 rings (SSSR count). The van der Waals surface area contributed by atoms with E-state index in [0.29, 0.717) is 0 Å². The highest BCUT2D eigenvalue weighted by Gasteiger charge is 2.65. The fraction of sp³-hybridized carbons (Fsp3) is 0.143. The highest BCUT2D eigenvalue weighted by molar-refractivity contribution is 7.03. The number of rotatable bonds is 6. The number of hydrogen-bond acceptors (Lipinski definition) is 6. The van der Waals surface area contributed by atoms with E-state index in [2.05, 4.69) is 13.1 Å². The molecule has 196 valence electrons. The van der Waals surface area contributed by atoms with E-state index < -0.39 is 34.7 Å². The topological polar surface area (TPSA) is 55.4 Å². The van der Waals surface area contributed by atoms with Crippen LogP contribution in [0, 0.1) is 0 Å². The summed E-state index contributed by atoms with van der Waals surface area (Å²) in [5.41, 5.74) is 0. The molecule has 0 aromatic heterocycles. The second-order valence-corrected chi connectivity index (χ2v) is 21.7. The van der Waals surface area contributed by atoms with Crippen molar-refractivity contribution >= 4 is 55.5 Å². The predicted octanol–water partition coefficient (Wildman–Crippen LogP) is 3.01. The van der Waals surface area contributed by atoms with E-state index in [9.17, 15) is 0 Å². The molecule has 0 bridgehead atoms. The van der Waals surface area contributed by atoms with Crippen molar-refractivity contribution in [3.8, 4) is 0 Å². The fourth-order valence-electron chi connectivity index (χ4n) is 4.78. The molecule has 4 aromatic carbocycles. The molecule has 1 aliphatic heterocycles. The van der Waals surface area contributed by atoms with Crippen LogP contribution in [-0.4, -0.2) is 49.0 Å². The van der Waals surface area contributed by atoms with E-state index in [0.717, 1.165) is 20.7 Å². The lowest BCUT2D eigenvalue weighted by atomic mass is 10.4. The molecule has 38 heavy (non-hydrogen) atoms. The van der Waals surface area contributed by atoms with Gasteiger partial charge >= 0.3 is 34.7 Å². The molecule has 6 nitrogen and oxygen atoms in total. The molecule has 0 aliphatic carbocycles. The second kappa shape index (κ2) is 10.9. The Kier molecular flexibility index (Phi) is 7.80. The van der Waals surface area contributed by atoms with Crippen LogP contribution in [-0.2, 0) is 25.3 Å². The van der Waals surface area contributed by atoms with E-state index in [1.165, 1.54) is 0 Å². The van der Waals surface area contributed by atoms with Crippen LogP contribution in [0.25, 0.3) is 0 Å². The standard InChI is InChI=1S/C28H32O6Si4/c1-29-37(27-21-13-7-14-22-27)32-35(3,25-17-9-5-10-18-25)31-36(4,26-19-11-6-12-20-26)33-38(30-2,34-37)28-23-15-8-16-24-28/h5-24H,1-4H3. The molecule has 10 heteroatoms. The SMILES string of the molecule is CO[Si]1(c2ccccc2)O[Si](C)(c2ccccc2)O[Si](C)(c2ccccc2)O[Si](OC)(c2ccccc2)O1. The summed E-state index contributed by atoms with van der Waals surface area (Å²) in [5, 5.41) is 3.58. The Morgan fingerprint density at radius 2 is 0.684 bits per heavy atom. The summed E-state index contributed by atoms with van der Waals surface area (Å²) >= 11 is 0. The fourth-order valence-corrected chi connectivity index (χ4v) is 23.8. The lowest BCUT2D eigenvalue weighted by Crippen LogP contribution is -2.80. The average Bonchev–Trinajstić information content (AvgIpc) is 2.97. The van der Waals surface area contributed by atoms with Gasteiger partial charge < -0.3 is 25.3 Å². The molecule has 0 amide bonds. The highest BCUT2D eigenvalue weighted by atomic mass is 28.5. The van der Waals surface area contributed by atoms with Crippen molar-refractivity contribution in [3.05, 3.63) is 121 Å². The third kappa shape index (κ3) is 5.08. The van der Waals surface area contributed by atoms with Crippen LogP contribution in [0.4, 0.5) is 0 Å². The van der Waals surface area contributed by atoms with E-state index in [4.69, 9.17) is 25.3 Å². The normalized spacial score (nSPS) is 29.8. The smallest absolute Gasteiger partial charge is 0.409 e. The maximum absolute atomic E-state index is 7.26. The molecule has 4 unspecified atom stereocenters. The van der Waals surface area contributed by atoms with Crippen LogP contribution in [0.15, 0.2) is 121 Å². The molecule has 1 fully saturated rings. The Morgan fingerprint density at radius 3 is 0.974 bits per heavy atom. The molecule has 0 saturated carbocycles. The zero-order chi connectivity index (χ0) is 26.7. The molecular formula is C28H32O6Si4. The lowest BCUT2D eigenvalue weighted by molar-refractivity contribution is 0.118. The maximum atomic E-state index is 7.26. The van der Waals surface area contributed by atoms with Crippen molar-refractivity contribution in [3.63, 3.8) is 0 Å². The Morgan fingerprint density at radius 1 is 0.395 bits per heavy atom. The van der Waals surface area contributed by atoms with Gasteiger partial charge in [-0.2, -0.15) is 0 Å². The van der Waals surface area contributed by atoms with Crippen LogP contribution >= 0.6 is 0 Å². The van der Waals surface area contributed by atoms with Gasteiger partial charge in [0.2, 0.25) is 0 Å². The van der Waals surface area contributed by atoms with Gasteiger partial charge in [-0.25, -0.2) is 0 Å². The predicted molar refractivity (Wildman–Crippen MR) is 157 cm³/mol. The van der Waals surface area contributed by atoms with Gasteiger partial charge in [0.1, 0.15) is 0 Å². The largest absolute Gasteiger partial charge is 0.521 e. The molecule has 1 heterocycles. The van der Waals surface area contributed by atoms with Crippen LogP contribution in [0.2, 0.25) is 13.1 Å². The Bertz CT molecular complexity index is 1230. The van der Waals surface area contributed by atoms with Gasteiger partial charge in [0.15, 0.2) is 0 Å². The summed E-state index contributed by atoms with van der Waals surface area (Å²) in [6.07, 6.45) is 0. The molecular weight excluding hydrogens is 545 g/mol. The summed E-state index contributed by atoms with van der Waals surface area (Å²) in [6.45, 7) is 4.10. The van der Waals surface area contributed by atoms with Crippen molar-refractivity contribution in [2.75, 3.05) is 14.2 Å². The first-order chi connectivity index (χ1) is 18.4. The second-order valence-electron chi connectivity index (χ2n) is 9.28. The van der Waals surface area contributed by atoms with Crippen LogP contribution in [0.3, 0.4) is 0 Å². The van der Waals surface area contributed by atoms with Gasteiger partial charge in [-0.05, 0) is 23.5 Å². The monoisotopic (exact) mass is 576 g/mol. The third-order valence-electron chi connectivity index (χ3n) is 6.70. The van der Waals surface area contributed by atoms with Gasteiger partial charge in [-0.3, -0.25) is 0 Å². The van der Waals surface area contributed by atoms with Gasteiger partial charge in [-0.15, -0.1) is 0 Å². The first-order valence-corrected chi connectivity index (χ1v) is 20.6. The van der Waals surface area contributed by atoms with Crippen molar-refractivity contribution in [2.24, 2.45) is 0 Å². The van der Waals surface area contributed by atoms with Crippen LogP contribution in [0.1, 0.15) is 0 Å². The van der Waals surface area contributed by atoms with E-state index in [-0.39, 0.29) is 0 Å². The minimum absolute atomic E-state index is 0.819. The number of benzene rings is 4. The Labute approximate surface area is 228 Å². The van der Waals surface area contributed by atoms with Gasteiger partial charge in [-0.1, -0.05) is 121 Å². The minimum atomic E-state index is -3.67. The summed E-state index contributed by atoms with van der Waals surface area (Å²) in [6, 6.07) is 39.8. The van der Waals surface area contributed by atoms with Crippen LogP contribution < -0.4 is 20.7 Å². The third-order valence-corrected chi connectivity index (χ3v) is 23.2. The van der Waals surface area contributed by atoms with Gasteiger partial charge in [0.05, 0.1) is 0 Å². The average molecular weight is 577 g/mol. The number of hydrogen-bond donors (Lipinski definition) is 0. The summed E-state index contributed by atoms with van der Waals surface area (Å²) in [5.74, 6) is 0. The van der Waals surface area contributed by atoms with Gasteiger partial charge in [0, 0.05) is 24.6 Å². The first kappa shape index (κ1) is 27.1. The minimum Gasteiger partial charge on any atom is -0.409 e. The van der Waals surface area contributed by atoms with Crippen molar-refractivity contribution in [2.45, 2.75) is 13.1 Å². The molecule has 0 radical (unpaired) electrons. The Hall–Kier alpha value is -2.49. The molecule has 1 saturated heterocycles. The summed E-state index contributed by atoms with van der Waals surface area (Å²) < 4.78 is 41.4. The lowest BCUT2D eigenvalue weighted by Gasteiger charge is -2.49. The zero-order valence-corrected chi connectivity index (χ0v) is 26.0. The van der Waals surface area contributed by atoms with Crippen molar-refractivity contribution in [1.82, 2.24) is 0 Å². The Balaban J connectivity index is 1.78. The quantitative estimate of drug-likeness (QED) is 0.329. The van der Waals surface area contributed by atoms with Crippen molar-refractivity contribution < 1.29 is 25.3 Å². The zero-order valence-electron chi connectivity index (χ0n) is 22.0. The van der Waals surface area contributed by atoms with Crippen molar-refractivity contribution in [1.29, 1.82) is 0 Å². The van der Waals surface area contributed by atoms with Gasteiger partial charge in [0.25, 0.3) is 0 Å². The molecule has 4 aromatic rings. The van der Waals surface area contributed by atoms with E-state index in [1.807, 2.05) is 121 Å². The molecule has 0 spiro atoms. The van der Waals surface area contributed by atoms with E-state index >= 15 is 0 Å². The maximum Gasteiger partial charge on any atom is 0.521 e. The summed E-state index contributed by atoms with van der Waals surface area (Å²) in [4.78, 5) is 0. The molecule has 1 aliphatic rings. The van der Waals surface area contributed by atoms with Crippen LogP contribution in [0.5, 0.6) is 0 Å². The highest BCUT2D eigenvalue weighted by Crippen LogP contribution is 2.32. The molecule has 0 N–H and O–H groups in total.